The van der Waals surface area contributed by atoms with E-state index >= 15 is 0 Å². The van der Waals surface area contributed by atoms with Gasteiger partial charge in [0.15, 0.2) is 0 Å². The Morgan fingerprint density at radius 3 is 3.15 bits per heavy atom. The van der Waals surface area contributed by atoms with Crippen molar-refractivity contribution in [3.05, 3.63) is 16.8 Å². The van der Waals surface area contributed by atoms with Gasteiger partial charge in [-0.1, -0.05) is 6.92 Å². The van der Waals surface area contributed by atoms with Gasteiger partial charge in [0.25, 0.3) is 0 Å². The standard InChI is InChI=1S/C10H15NS2/c1-8-10(3-2-5-13-8)11-9-4-6-12-7-9/h4,6-8,10-11H,2-3,5H2,1H3. The minimum atomic E-state index is 0.674. The minimum Gasteiger partial charge on any atom is -0.381 e. The van der Waals surface area contributed by atoms with Crippen LogP contribution >= 0.6 is 23.1 Å². The van der Waals surface area contributed by atoms with Crippen molar-refractivity contribution < 1.29 is 0 Å². The number of nitrogens with one attached hydrogen (secondary N) is 1. The third-order valence-electron chi connectivity index (χ3n) is 2.48. The molecule has 2 rings (SSSR count). The van der Waals surface area contributed by atoms with Gasteiger partial charge in [0.05, 0.1) is 0 Å². The van der Waals surface area contributed by atoms with E-state index in [1.54, 1.807) is 11.3 Å². The van der Waals surface area contributed by atoms with Gasteiger partial charge in [0, 0.05) is 22.4 Å². The van der Waals surface area contributed by atoms with Crippen LogP contribution in [0.25, 0.3) is 0 Å². The molecule has 1 fully saturated rings. The highest BCUT2D eigenvalue weighted by Gasteiger charge is 2.21. The molecule has 1 aromatic rings. The predicted molar refractivity (Wildman–Crippen MR) is 62.9 cm³/mol. The summed E-state index contributed by atoms with van der Waals surface area (Å²) in [5.41, 5.74) is 1.30. The molecular formula is C10H15NS2. The number of hydrogen-bond donors (Lipinski definition) is 1. The van der Waals surface area contributed by atoms with Crippen LogP contribution in [0.15, 0.2) is 16.8 Å². The molecule has 2 atom stereocenters. The Hall–Kier alpha value is -0.150. The highest BCUT2D eigenvalue weighted by molar-refractivity contribution is 8.00. The Labute approximate surface area is 87.9 Å². The molecule has 13 heavy (non-hydrogen) atoms. The summed E-state index contributed by atoms with van der Waals surface area (Å²) in [5.74, 6) is 1.34. The zero-order chi connectivity index (χ0) is 9.10. The fraction of sp³-hybridized carbons (Fsp3) is 0.600. The van der Waals surface area contributed by atoms with Crippen LogP contribution < -0.4 is 5.32 Å². The smallest absolute Gasteiger partial charge is 0.0451 e. The molecule has 1 aliphatic rings. The zero-order valence-electron chi connectivity index (χ0n) is 7.82. The summed E-state index contributed by atoms with van der Waals surface area (Å²) in [4.78, 5) is 0. The van der Waals surface area contributed by atoms with Gasteiger partial charge in [-0.2, -0.15) is 23.1 Å². The molecule has 1 saturated heterocycles. The van der Waals surface area contributed by atoms with E-state index in [4.69, 9.17) is 0 Å². The van der Waals surface area contributed by atoms with E-state index in [1.165, 1.54) is 24.3 Å². The molecule has 0 spiro atoms. The van der Waals surface area contributed by atoms with Crippen LogP contribution in [0.1, 0.15) is 19.8 Å². The van der Waals surface area contributed by atoms with Crippen molar-refractivity contribution in [3.63, 3.8) is 0 Å². The third kappa shape index (κ3) is 2.41. The summed E-state index contributed by atoms with van der Waals surface area (Å²) in [6, 6.07) is 2.84. The van der Waals surface area contributed by atoms with Crippen molar-refractivity contribution in [2.24, 2.45) is 0 Å². The first-order chi connectivity index (χ1) is 6.36. The van der Waals surface area contributed by atoms with Gasteiger partial charge < -0.3 is 5.32 Å². The van der Waals surface area contributed by atoms with Gasteiger partial charge in [0.1, 0.15) is 0 Å². The average Bonchev–Trinajstić information content (AvgIpc) is 2.61. The Morgan fingerprint density at radius 1 is 1.54 bits per heavy atom. The van der Waals surface area contributed by atoms with Crippen LogP contribution in [0.2, 0.25) is 0 Å². The maximum atomic E-state index is 3.60. The summed E-state index contributed by atoms with van der Waals surface area (Å²) >= 11 is 3.85. The summed E-state index contributed by atoms with van der Waals surface area (Å²) in [5, 5.41) is 8.67. The Kier molecular flexibility index (Phi) is 3.17. The molecule has 1 aliphatic heterocycles. The quantitative estimate of drug-likeness (QED) is 0.807. The number of rotatable bonds is 2. The first-order valence-electron chi connectivity index (χ1n) is 4.76. The lowest BCUT2D eigenvalue weighted by Crippen LogP contribution is -2.32. The molecule has 2 heterocycles. The Bertz CT molecular complexity index is 245. The molecular weight excluding hydrogens is 198 g/mol. The van der Waals surface area contributed by atoms with Crippen molar-refractivity contribution in [3.8, 4) is 0 Å². The summed E-state index contributed by atoms with van der Waals surface area (Å²) in [7, 11) is 0. The van der Waals surface area contributed by atoms with E-state index in [9.17, 15) is 0 Å². The molecule has 0 radical (unpaired) electrons. The highest BCUT2D eigenvalue weighted by Crippen LogP contribution is 2.28. The van der Waals surface area contributed by atoms with Crippen molar-refractivity contribution in [1.29, 1.82) is 0 Å². The zero-order valence-corrected chi connectivity index (χ0v) is 9.46. The second-order valence-electron chi connectivity index (χ2n) is 3.48. The lowest BCUT2D eigenvalue weighted by atomic mass is 10.1. The number of thioether (sulfide) groups is 1. The topological polar surface area (TPSA) is 12.0 Å². The first kappa shape index (κ1) is 9.41. The van der Waals surface area contributed by atoms with Crippen LogP contribution in [0.5, 0.6) is 0 Å². The summed E-state index contributed by atoms with van der Waals surface area (Å²) in [6.07, 6.45) is 2.68. The maximum Gasteiger partial charge on any atom is 0.0451 e. The summed E-state index contributed by atoms with van der Waals surface area (Å²) < 4.78 is 0. The second-order valence-corrected chi connectivity index (χ2v) is 5.75. The Morgan fingerprint density at radius 2 is 2.46 bits per heavy atom. The van der Waals surface area contributed by atoms with Crippen LogP contribution in [0.3, 0.4) is 0 Å². The summed E-state index contributed by atoms with van der Waals surface area (Å²) in [6.45, 7) is 2.33. The predicted octanol–water partition coefficient (Wildman–Crippen LogP) is 3.44. The van der Waals surface area contributed by atoms with Gasteiger partial charge in [-0.25, -0.2) is 0 Å². The lowest BCUT2D eigenvalue weighted by Gasteiger charge is -2.29. The molecule has 0 bridgehead atoms. The van der Waals surface area contributed by atoms with Crippen LogP contribution in [0, 0.1) is 0 Å². The Balaban J connectivity index is 1.93. The highest BCUT2D eigenvalue weighted by atomic mass is 32.2. The lowest BCUT2D eigenvalue weighted by molar-refractivity contribution is 0.618. The maximum absolute atomic E-state index is 3.60. The van der Waals surface area contributed by atoms with E-state index < -0.39 is 0 Å². The second kappa shape index (κ2) is 4.38. The molecule has 3 heteroatoms. The molecule has 72 valence electrons. The SMILES string of the molecule is CC1SCCCC1Nc1ccsc1. The molecule has 2 unspecified atom stereocenters. The fourth-order valence-electron chi connectivity index (χ4n) is 1.67. The number of anilines is 1. The van der Waals surface area contributed by atoms with Crippen molar-refractivity contribution in [1.82, 2.24) is 0 Å². The number of thiophene rings is 1. The van der Waals surface area contributed by atoms with Gasteiger partial charge >= 0.3 is 0 Å². The van der Waals surface area contributed by atoms with Gasteiger partial charge in [-0.3, -0.25) is 0 Å². The largest absolute Gasteiger partial charge is 0.381 e. The molecule has 1 nitrogen and oxygen atoms in total. The van der Waals surface area contributed by atoms with E-state index in [0.29, 0.717) is 6.04 Å². The molecule has 1 N–H and O–H groups in total. The van der Waals surface area contributed by atoms with E-state index in [2.05, 4.69) is 40.8 Å². The normalized spacial score (nSPS) is 28.7. The molecule has 0 amide bonds. The first-order valence-corrected chi connectivity index (χ1v) is 6.76. The van der Waals surface area contributed by atoms with Gasteiger partial charge in [0.2, 0.25) is 0 Å². The van der Waals surface area contributed by atoms with E-state index in [1.807, 2.05) is 0 Å². The van der Waals surface area contributed by atoms with E-state index in [-0.39, 0.29) is 0 Å². The third-order valence-corrected chi connectivity index (χ3v) is 4.54. The van der Waals surface area contributed by atoms with Gasteiger partial charge in [-0.15, -0.1) is 0 Å². The van der Waals surface area contributed by atoms with Crippen molar-refractivity contribution >= 4 is 28.8 Å². The molecule has 0 saturated carbocycles. The molecule has 1 aromatic heterocycles. The average molecular weight is 213 g/mol. The van der Waals surface area contributed by atoms with Crippen molar-refractivity contribution in [2.75, 3.05) is 11.1 Å². The number of hydrogen-bond acceptors (Lipinski definition) is 3. The van der Waals surface area contributed by atoms with E-state index in [0.717, 1.165) is 5.25 Å². The molecule has 0 aliphatic carbocycles. The van der Waals surface area contributed by atoms with Crippen LogP contribution in [0.4, 0.5) is 5.69 Å². The van der Waals surface area contributed by atoms with Crippen LogP contribution in [-0.4, -0.2) is 17.0 Å². The van der Waals surface area contributed by atoms with Crippen molar-refractivity contribution in [2.45, 2.75) is 31.1 Å². The van der Waals surface area contributed by atoms with Crippen LogP contribution in [-0.2, 0) is 0 Å². The minimum absolute atomic E-state index is 0.674. The molecule has 0 aromatic carbocycles. The van der Waals surface area contributed by atoms with Gasteiger partial charge in [-0.05, 0) is 30.0 Å². The monoisotopic (exact) mass is 213 g/mol. The fourth-order valence-corrected chi connectivity index (χ4v) is 3.41.